The first kappa shape index (κ1) is 17.3. The van der Waals surface area contributed by atoms with Crippen LogP contribution in [-0.4, -0.2) is 53.7 Å². The smallest absolute Gasteiger partial charge is 0.369 e. The third-order valence-electron chi connectivity index (χ3n) is 3.45. The first-order chi connectivity index (χ1) is 10.9. The van der Waals surface area contributed by atoms with E-state index < -0.39 is 17.3 Å². The number of hydrogen-bond acceptors (Lipinski definition) is 5. The highest BCUT2D eigenvalue weighted by molar-refractivity contribution is 5.76. The Morgan fingerprint density at radius 1 is 1.35 bits per heavy atom. The zero-order chi connectivity index (χ0) is 16.9. The number of carbonyl (C=O) groups is 1. The molecule has 2 heterocycles. The summed E-state index contributed by atoms with van der Waals surface area (Å²) in [5.74, 6) is -0.0507. The highest BCUT2D eigenvalue weighted by atomic mass is 19.4. The molecule has 3 N–H and O–H groups in total. The molecule has 0 unspecified atom stereocenters. The molecule has 1 fully saturated rings. The van der Waals surface area contributed by atoms with Crippen molar-refractivity contribution in [2.45, 2.75) is 19.0 Å². The largest absolute Gasteiger partial charge is 0.421 e. The Morgan fingerprint density at radius 3 is 2.70 bits per heavy atom. The van der Waals surface area contributed by atoms with E-state index in [2.05, 4.69) is 15.7 Å². The number of halogens is 3. The zero-order valence-corrected chi connectivity index (χ0v) is 12.4. The fourth-order valence-electron chi connectivity index (χ4n) is 2.24. The summed E-state index contributed by atoms with van der Waals surface area (Å²) in [5.41, 5.74) is -2.58. The van der Waals surface area contributed by atoms with Gasteiger partial charge in [0.05, 0.1) is 0 Å². The molecule has 0 bridgehead atoms. The molecule has 10 heteroatoms. The molecule has 1 aliphatic rings. The molecule has 0 aromatic carbocycles. The van der Waals surface area contributed by atoms with E-state index in [4.69, 9.17) is 0 Å². The Morgan fingerprint density at radius 2 is 2.04 bits per heavy atom. The second kappa shape index (κ2) is 7.44. The third kappa shape index (κ3) is 4.95. The lowest BCUT2D eigenvalue weighted by Crippen LogP contribution is -2.46. The minimum atomic E-state index is -4.73. The number of aromatic nitrogens is 2. The molecule has 0 radical (unpaired) electrons. The van der Waals surface area contributed by atoms with Gasteiger partial charge in [-0.2, -0.15) is 18.3 Å². The molecule has 0 spiro atoms. The number of rotatable bonds is 5. The molecule has 7 nitrogen and oxygen atoms in total. The summed E-state index contributed by atoms with van der Waals surface area (Å²) in [6, 6.07) is 0.664. The predicted octanol–water partition coefficient (Wildman–Crippen LogP) is 0.413. The second-order valence-corrected chi connectivity index (χ2v) is 5.15. The average molecular weight is 333 g/mol. The first-order valence-corrected chi connectivity index (χ1v) is 7.27. The highest BCUT2D eigenvalue weighted by Gasteiger charge is 2.34. The molecule has 128 valence electrons. The maximum Gasteiger partial charge on any atom is 0.421 e. The van der Waals surface area contributed by atoms with Crippen LogP contribution in [0.4, 0.5) is 19.0 Å². The van der Waals surface area contributed by atoms with Gasteiger partial charge in [0.25, 0.3) is 5.56 Å². The quantitative estimate of drug-likeness (QED) is 0.679. The number of alkyl halides is 3. The van der Waals surface area contributed by atoms with Crippen molar-refractivity contribution >= 4 is 11.7 Å². The Kier molecular flexibility index (Phi) is 5.59. The van der Waals surface area contributed by atoms with Crippen LogP contribution in [0.5, 0.6) is 0 Å². The first-order valence-electron chi connectivity index (χ1n) is 7.27. The van der Waals surface area contributed by atoms with Crippen molar-refractivity contribution in [3.05, 3.63) is 22.0 Å². The molecule has 0 saturated carbocycles. The van der Waals surface area contributed by atoms with Crippen LogP contribution < -0.4 is 16.2 Å². The van der Waals surface area contributed by atoms with Gasteiger partial charge in [-0.1, -0.05) is 0 Å². The Labute approximate surface area is 130 Å². The molecule has 1 aliphatic heterocycles. The summed E-state index contributed by atoms with van der Waals surface area (Å²) in [5, 5.41) is 11.1. The summed E-state index contributed by atoms with van der Waals surface area (Å²) < 4.78 is 37.8. The van der Waals surface area contributed by atoms with Crippen LogP contribution >= 0.6 is 0 Å². The maximum atomic E-state index is 12.6. The molecule has 1 saturated heterocycles. The van der Waals surface area contributed by atoms with Crippen LogP contribution in [0.25, 0.3) is 0 Å². The molecule has 1 aromatic rings. The minimum Gasteiger partial charge on any atom is -0.369 e. The van der Waals surface area contributed by atoms with Crippen molar-refractivity contribution in [2.24, 2.45) is 0 Å². The number of H-pyrrole nitrogens is 1. The number of anilines is 1. The van der Waals surface area contributed by atoms with E-state index in [1.807, 2.05) is 0 Å². The highest BCUT2D eigenvalue weighted by Crippen LogP contribution is 2.27. The SMILES string of the molecule is O=C(CCCNc1cc(C(F)(F)F)c(=O)[nH]n1)N1CCNCC1. The summed E-state index contributed by atoms with van der Waals surface area (Å²) in [4.78, 5) is 24.7. The van der Waals surface area contributed by atoms with Crippen LogP contribution in [0.1, 0.15) is 18.4 Å². The lowest BCUT2D eigenvalue weighted by Gasteiger charge is -2.27. The fourth-order valence-corrected chi connectivity index (χ4v) is 2.24. The number of piperazine rings is 1. The van der Waals surface area contributed by atoms with E-state index in [-0.39, 0.29) is 18.3 Å². The third-order valence-corrected chi connectivity index (χ3v) is 3.45. The topological polar surface area (TPSA) is 90.1 Å². The van der Waals surface area contributed by atoms with Gasteiger partial charge in [0.2, 0.25) is 5.91 Å². The van der Waals surface area contributed by atoms with Crippen LogP contribution in [-0.2, 0) is 11.0 Å². The lowest BCUT2D eigenvalue weighted by molar-refractivity contribution is -0.138. The Bertz CT molecular complexity index is 596. The summed E-state index contributed by atoms with van der Waals surface area (Å²) >= 11 is 0. The van der Waals surface area contributed by atoms with E-state index in [1.54, 1.807) is 10.00 Å². The van der Waals surface area contributed by atoms with Gasteiger partial charge in [-0.05, 0) is 6.42 Å². The van der Waals surface area contributed by atoms with Gasteiger partial charge in [0.1, 0.15) is 11.4 Å². The van der Waals surface area contributed by atoms with Crippen molar-refractivity contribution in [1.82, 2.24) is 20.4 Å². The number of aromatic amines is 1. The predicted molar refractivity (Wildman–Crippen MR) is 77.0 cm³/mol. The van der Waals surface area contributed by atoms with E-state index in [1.165, 1.54) is 0 Å². The molecule has 2 rings (SSSR count). The van der Waals surface area contributed by atoms with E-state index in [9.17, 15) is 22.8 Å². The number of nitrogens with zero attached hydrogens (tertiary/aromatic N) is 2. The molecule has 0 aliphatic carbocycles. The van der Waals surface area contributed by atoms with Crippen molar-refractivity contribution in [3.8, 4) is 0 Å². The Balaban J connectivity index is 1.80. The zero-order valence-electron chi connectivity index (χ0n) is 12.4. The molecular formula is C13H18F3N5O2. The van der Waals surface area contributed by atoms with Gasteiger partial charge in [0.15, 0.2) is 0 Å². The van der Waals surface area contributed by atoms with E-state index >= 15 is 0 Å². The molecular weight excluding hydrogens is 315 g/mol. The number of carbonyl (C=O) groups excluding carboxylic acids is 1. The number of hydrogen-bond donors (Lipinski definition) is 3. The summed E-state index contributed by atoms with van der Waals surface area (Å²) in [7, 11) is 0. The van der Waals surface area contributed by atoms with Gasteiger partial charge in [0, 0.05) is 45.2 Å². The van der Waals surface area contributed by atoms with Crippen LogP contribution in [0.2, 0.25) is 0 Å². The van der Waals surface area contributed by atoms with Gasteiger partial charge in [-0.25, -0.2) is 5.10 Å². The lowest BCUT2D eigenvalue weighted by atomic mass is 10.2. The Hall–Kier alpha value is -2.10. The normalized spacial score (nSPS) is 15.5. The second-order valence-electron chi connectivity index (χ2n) is 5.15. The van der Waals surface area contributed by atoms with E-state index in [0.29, 0.717) is 32.0 Å². The summed E-state index contributed by atoms with van der Waals surface area (Å²) in [6.07, 6.45) is -3.96. The molecule has 0 atom stereocenters. The molecule has 1 aromatic heterocycles. The van der Waals surface area contributed by atoms with Gasteiger partial charge >= 0.3 is 6.18 Å². The van der Waals surface area contributed by atoms with Crippen LogP contribution in [0.15, 0.2) is 10.9 Å². The summed E-state index contributed by atoms with van der Waals surface area (Å²) in [6.45, 7) is 3.16. The molecule has 1 amide bonds. The average Bonchev–Trinajstić information content (AvgIpc) is 2.52. The number of nitrogens with one attached hydrogen (secondary N) is 3. The van der Waals surface area contributed by atoms with Crippen molar-refractivity contribution in [1.29, 1.82) is 0 Å². The van der Waals surface area contributed by atoms with Gasteiger partial charge in [-0.3, -0.25) is 9.59 Å². The fraction of sp³-hybridized carbons (Fsp3) is 0.615. The van der Waals surface area contributed by atoms with Crippen LogP contribution in [0, 0.1) is 0 Å². The standard InChI is InChI=1S/C13H18F3N5O2/c14-13(15,16)9-8-10(19-20-12(9)23)18-3-1-2-11(22)21-6-4-17-5-7-21/h8,17H,1-7H2,(H,18,19)(H,20,23). The maximum absolute atomic E-state index is 12.6. The monoisotopic (exact) mass is 333 g/mol. The minimum absolute atomic E-state index is 0.0266. The molecule has 23 heavy (non-hydrogen) atoms. The van der Waals surface area contributed by atoms with Gasteiger partial charge < -0.3 is 15.5 Å². The van der Waals surface area contributed by atoms with Gasteiger partial charge in [-0.15, -0.1) is 0 Å². The van der Waals surface area contributed by atoms with Crippen molar-refractivity contribution in [3.63, 3.8) is 0 Å². The number of amides is 1. The van der Waals surface area contributed by atoms with Crippen molar-refractivity contribution in [2.75, 3.05) is 38.0 Å². The van der Waals surface area contributed by atoms with Crippen LogP contribution in [0.3, 0.4) is 0 Å². The van der Waals surface area contributed by atoms with Crippen molar-refractivity contribution < 1.29 is 18.0 Å². The van der Waals surface area contributed by atoms with E-state index in [0.717, 1.165) is 13.1 Å².